The van der Waals surface area contributed by atoms with Crippen LogP contribution in [0.15, 0.2) is 54.6 Å². The first-order valence-corrected chi connectivity index (χ1v) is 11.4. The zero-order chi connectivity index (χ0) is 25.0. The number of amides is 1. The Labute approximate surface area is 201 Å². The van der Waals surface area contributed by atoms with Crippen LogP contribution in [0.5, 0.6) is 0 Å². The fraction of sp³-hybridized carbons (Fsp3) is 0.296. The average molecular weight is 483 g/mol. The van der Waals surface area contributed by atoms with Gasteiger partial charge in [-0.15, -0.1) is 0 Å². The number of carbonyl (C=O) groups is 1. The van der Waals surface area contributed by atoms with Crippen molar-refractivity contribution in [2.24, 2.45) is 0 Å². The zero-order valence-corrected chi connectivity index (χ0v) is 19.2. The largest absolute Gasteiger partial charge is 0.416 e. The maximum Gasteiger partial charge on any atom is 0.416 e. The van der Waals surface area contributed by atoms with Crippen molar-refractivity contribution in [2.45, 2.75) is 25.4 Å². The molecule has 5 nitrogen and oxygen atoms in total. The van der Waals surface area contributed by atoms with Gasteiger partial charge >= 0.3 is 6.18 Å². The van der Waals surface area contributed by atoms with E-state index in [4.69, 9.17) is 9.94 Å². The van der Waals surface area contributed by atoms with E-state index < -0.39 is 30.2 Å². The van der Waals surface area contributed by atoms with Gasteiger partial charge < -0.3 is 10.4 Å². The van der Waals surface area contributed by atoms with Crippen LogP contribution in [-0.2, 0) is 15.8 Å². The van der Waals surface area contributed by atoms with Crippen LogP contribution < -0.4 is 10.4 Å². The molecule has 182 valence electrons. The quantitative estimate of drug-likeness (QED) is 0.381. The van der Waals surface area contributed by atoms with Crippen molar-refractivity contribution in [1.82, 2.24) is 5.32 Å². The van der Waals surface area contributed by atoms with Gasteiger partial charge in [0.15, 0.2) is 0 Å². The number of hydroxylamine groups is 1. The van der Waals surface area contributed by atoms with E-state index in [1.165, 1.54) is 6.07 Å². The van der Waals surface area contributed by atoms with Crippen molar-refractivity contribution in [3.8, 4) is 11.8 Å². The molecule has 1 unspecified atom stereocenters. The summed E-state index contributed by atoms with van der Waals surface area (Å²) in [4.78, 5) is 19.3. The number of aliphatic hydroxyl groups is 1. The number of aliphatic hydroxyl groups excluding tert-OH is 1. The average Bonchev–Trinajstić information content (AvgIpc) is 3.12. The third kappa shape index (κ3) is 5.17. The monoisotopic (exact) mass is 482 g/mol. The van der Waals surface area contributed by atoms with E-state index in [1.807, 2.05) is 31.2 Å². The van der Waals surface area contributed by atoms with Gasteiger partial charge in [-0.25, -0.2) is 0 Å². The van der Waals surface area contributed by atoms with E-state index in [0.29, 0.717) is 18.5 Å². The summed E-state index contributed by atoms with van der Waals surface area (Å²) in [7, 11) is 0. The molecule has 0 aliphatic carbocycles. The lowest BCUT2D eigenvalue weighted by molar-refractivity contribution is -0.138. The van der Waals surface area contributed by atoms with Gasteiger partial charge in [0.25, 0.3) is 5.91 Å². The smallest absolute Gasteiger partial charge is 0.384 e. The van der Waals surface area contributed by atoms with Crippen molar-refractivity contribution in [3.63, 3.8) is 0 Å². The molecule has 8 heteroatoms. The molecule has 2 N–H and O–H groups in total. The predicted octanol–water partition coefficient (Wildman–Crippen LogP) is 4.61. The highest BCUT2D eigenvalue weighted by atomic mass is 19.4. The van der Waals surface area contributed by atoms with Gasteiger partial charge in [0.2, 0.25) is 0 Å². The van der Waals surface area contributed by atoms with Crippen molar-refractivity contribution in [2.75, 3.05) is 31.4 Å². The van der Waals surface area contributed by atoms with Gasteiger partial charge in [-0.1, -0.05) is 61.2 Å². The molecular formula is C27H25F3N2O3. The second-order valence-corrected chi connectivity index (χ2v) is 8.13. The van der Waals surface area contributed by atoms with E-state index in [1.54, 1.807) is 18.2 Å². The molecule has 1 atom stereocenters. The summed E-state index contributed by atoms with van der Waals surface area (Å²) in [5.41, 5.74) is -0.582. The highest BCUT2D eigenvalue weighted by Gasteiger charge is 2.47. The summed E-state index contributed by atoms with van der Waals surface area (Å²) in [5, 5.41) is 14.9. The number of halogens is 3. The van der Waals surface area contributed by atoms with Crippen LogP contribution in [-0.4, -0.2) is 37.3 Å². The number of hydrogen-bond acceptors (Lipinski definition) is 4. The molecule has 0 radical (unpaired) electrons. The van der Waals surface area contributed by atoms with E-state index in [9.17, 15) is 18.0 Å². The second kappa shape index (κ2) is 10.5. The fourth-order valence-corrected chi connectivity index (χ4v) is 4.28. The van der Waals surface area contributed by atoms with Crippen LogP contribution in [0.25, 0.3) is 10.8 Å². The van der Waals surface area contributed by atoms with Gasteiger partial charge in [0.05, 0.1) is 23.8 Å². The number of nitrogens with zero attached hydrogens (tertiary/aromatic N) is 1. The molecule has 1 amide bonds. The molecule has 1 heterocycles. The predicted molar refractivity (Wildman–Crippen MR) is 128 cm³/mol. The number of fused-ring (bicyclic) bond motifs is 2. The van der Waals surface area contributed by atoms with Gasteiger partial charge in [0.1, 0.15) is 6.61 Å². The summed E-state index contributed by atoms with van der Waals surface area (Å²) in [6.07, 6.45) is -4.15. The molecular weight excluding hydrogens is 457 g/mol. The maximum absolute atomic E-state index is 14.3. The molecule has 0 saturated carbocycles. The van der Waals surface area contributed by atoms with Crippen LogP contribution in [0.2, 0.25) is 0 Å². The lowest BCUT2D eigenvalue weighted by Gasteiger charge is -2.18. The number of alkyl halides is 3. The molecule has 0 bridgehead atoms. The summed E-state index contributed by atoms with van der Waals surface area (Å²) in [5.74, 6) is 3.14. The van der Waals surface area contributed by atoms with E-state index in [2.05, 4.69) is 17.2 Å². The highest BCUT2D eigenvalue weighted by molar-refractivity contribution is 6.06. The second-order valence-electron chi connectivity index (χ2n) is 8.13. The minimum absolute atomic E-state index is 0.0219. The highest BCUT2D eigenvalue weighted by Crippen LogP contribution is 2.48. The Morgan fingerprint density at radius 2 is 1.89 bits per heavy atom. The lowest BCUT2D eigenvalue weighted by Crippen LogP contribution is -2.30. The summed E-state index contributed by atoms with van der Waals surface area (Å²) >= 11 is 0. The Bertz CT molecular complexity index is 1290. The van der Waals surface area contributed by atoms with Crippen molar-refractivity contribution < 1.29 is 27.9 Å². The molecule has 0 fully saturated rings. The molecule has 35 heavy (non-hydrogen) atoms. The molecule has 0 aromatic heterocycles. The van der Waals surface area contributed by atoms with Crippen molar-refractivity contribution in [1.29, 1.82) is 0 Å². The van der Waals surface area contributed by atoms with Gasteiger partial charge in [0, 0.05) is 11.1 Å². The number of hydrogen-bond donors (Lipinski definition) is 2. The Kier molecular flexibility index (Phi) is 7.41. The van der Waals surface area contributed by atoms with E-state index in [-0.39, 0.29) is 23.4 Å². The van der Waals surface area contributed by atoms with Gasteiger partial charge in [-0.3, -0.25) is 9.63 Å². The molecule has 0 saturated heterocycles. The summed E-state index contributed by atoms with van der Waals surface area (Å²) in [6, 6.07) is 15.0. The van der Waals surface area contributed by atoms with Crippen molar-refractivity contribution in [3.05, 3.63) is 76.9 Å². The third-order valence-electron chi connectivity index (χ3n) is 5.81. The Morgan fingerprint density at radius 3 is 2.60 bits per heavy atom. The van der Waals surface area contributed by atoms with Crippen LogP contribution >= 0.6 is 0 Å². The minimum Gasteiger partial charge on any atom is -0.384 e. The molecule has 1 aliphatic heterocycles. The normalized spacial score (nSPS) is 15.3. The minimum atomic E-state index is -4.72. The number of rotatable bonds is 7. The number of nitrogens with one attached hydrogen (secondary N) is 1. The van der Waals surface area contributed by atoms with E-state index >= 15 is 0 Å². The zero-order valence-electron chi connectivity index (χ0n) is 19.2. The Morgan fingerprint density at radius 1 is 1.11 bits per heavy atom. The SMILES string of the molecule is CCNCCCON1C(=O)C(c2ccc3ccccc3c2)c2c1cc(C#CCO)cc2C(F)(F)F. The maximum atomic E-state index is 14.3. The fourth-order valence-electron chi connectivity index (χ4n) is 4.28. The summed E-state index contributed by atoms with van der Waals surface area (Å²) < 4.78 is 42.8. The molecule has 4 rings (SSSR count). The van der Waals surface area contributed by atoms with Crippen LogP contribution in [0.1, 0.15) is 41.5 Å². The standard InChI is InChI=1S/C27H25F3N2O3/c1-2-31-12-6-14-35-32-23-16-18(7-5-13-33)15-22(27(28,29)30)25(23)24(26(32)34)21-11-10-19-8-3-4-9-20(19)17-21/h3-4,8-11,15-17,24,31,33H,2,6,12-14H2,1H3. The first-order chi connectivity index (χ1) is 16.8. The third-order valence-corrected chi connectivity index (χ3v) is 5.81. The van der Waals surface area contributed by atoms with Gasteiger partial charge in [-0.2, -0.15) is 18.2 Å². The van der Waals surface area contributed by atoms with E-state index in [0.717, 1.165) is 28.4 Å². The Balaban J connectivity index is 1.85. The van der Waals surface area contributed by atoms with Crippen LogP contribution in [0.4, 0.5) is 18.9 Å². The van der Waals surface area contributed by atoms with Gasteiger partial charge in [-0.05, 0) is 48.0 Å². The molecule has 3 aromatic rings. The van der Waals surface area contributed by atoms with Crippen LogP contribution in [0.3, 0.4) is 0 Å². The number of anilines is 1. The topological polar surface area (TPSA) is 61.8 Å². The first-order valence-electron chi connectivity index (χ1n) is 11.4. The molecule has 1 aliphatic rings. The number of carbonyl (C=O) groups excluding carboxylic acids is 1. The Hall–Kier alpha value is -3.38. The van der Waals surface area contributed by atoms with Crippen molar-refractivity contribution >= 4 is 22.4 Å². The lowest BCUT2D eigenvalue weighted by atomic mass is 9.87. The number of benzene rings is 3. The molecule has 0 spiro atoms. The first kappa shape index (κ1) is 24.7. The van der Waals surface area contributed by atoms with Crippen LogP contribution in [0, 0.1) is 11.8 Å². The summed E-state index contributed by atoms with van der Waals surface area (Å²) in [6.45, 7) is 3.04. The molecule has 3 aromatic carbocycles.